The molecule has 10 heteroatoms. The lowest BCUT2D eigenvalue weighted by atomic mass is 9.86. The van der Waals surface area contributed by atoms with E-state index in [0.717, 1.165) is 25.7 Å². The van der Waals surface area contributed by atoms with Gasteiger partial charge in [-0.05, 0) is 45.1 Å². The van der Waals surface area contributed by atoms with E-state index in [1.54, 1.807) is 13.0 Å². The van der Waals surface area contributed by atoms with E-state index >= 15 is 0 Å². The largest absolute Gasteiger partial charge is 0.379 e. The molecule has 2 rings (SSSR count). The molecule has 0 aliphatic heterocycles. The molecule has 1 aliphatic rings. The fourth-order valence-electron chi connectivity index (χ4n) is 3.07. The molecule has 7 nitrogen and oxygen atoms in total. The maximum atomic E-state index is 14.2. The Hall–Kier alpha value is -2.20. The second-order valence-corrected chi connectivity index (χ2v) is 9.14. The van der Waals surface area contributed by atoms with Crippen LogP contribution in [0.3, 0.4) is 0 Å². The third kappa shape index (κ3) is 6.97. The summed E-state index contributed by atoms with van der Waals surface area (Å²) in [5, 5.41) is 6.33. The molecule has 0 saturated heterocycles. The molecule has 0 spiro atoms. The first-order chi connectivity index (χ1) is 13.6. The summed E-state index contributed by atoms with van der Waals surface area (Å²) in [5.74, 6) is -4.05. The zero-order valence-corrected chi connectivity index (χ0v) is 17.2. The second-order valence-electron chi connectivity index (χ2n) is 7.05. The summed E-state index contributed by atoms with van der Waals surface area (Å²) in [6.07, 6.45) is 3.21. The number of nitrogens with two attached hydrogens (primary N) is 1. The van der Waals surface area contributed by atoms with Crippen LogP contribution in [0.1, 0.15) is 38.2 Å². The summed E-state index contributed by atoms with van der Waals surface area (Å²) in [4.78, 5) is 4.93. The van der Waals surface area contributed by atoms with Crippen LogP contribution in [0, 0.1) is 5.92 Å². The van der Waals surface area contributed by atoms with E-state index < -0.39 is 21.8 Å². The Bertz CT molecular complexity index is 808. The SMILES string of the molecule is C=C(N[C@H]1CC[C@H](CNS(=O)(=O)CC)CC1)O/N=C(\N)C(F)(F)c1ccccc1. The molecule has 0 heterocycles. The second kappa shape index (κ2) is 10.0. The van der Waals surface area contributed by atoms with Crippen molar-refractivity contribution in [1.82, 2.24) is 10.0 Å². The first-order valence-corrected chi connectivity index (χ1v) is 11.2. The molecule has 4 N–H and O–H groups in total. The molecule has 162 valence electrons. The Labute approximate surface area is 170 Å². The van der Waals surface area contributed by atoms with Gasteiger partial charge in [0.1, 0.15) is 0 Å². The van der Waals surface area contributed by atoms with E-state index in [2.05, 4.69) is 21.8 Å². The smallest absolute Gasteiger partial charge is 0.332 e. The number of benzene rings is 1. The van der Waals surface area contributed by atoms with Crippen molar-refractivity contribution in [3.8, 4) is 0 Å². The Morgan fingerprint density at radius 2 is 1.90 bits per heavy atom. The topological polar surface area (TPSA) is 106 Å². The maximum absolute atomic E-state index is 14.2. The molecule has 1 aromatic rings. The van der Waals surface area contributed by atoms with Crippen LogP contribution < -0.4 is 15.8 Å². The van der Waals surface area contributed by atoms with Crippen molar-refractivity contribution < 1.29 is 22.0 Å². The fourth-order valence-corrected chi connectivity index (χ4v) is 3.76. The molecule has 0 amide bonds. The summed E-state index contributed by atoms with van der Waals surface area (Å²) in [7, 11) is -3.19. The van der Waals surface area contributed by atoms with Crippen LogP contribution in [-0.2, 0) is 20.8 Å². The average molecular weight is 431 g/mol. The van der Waals surface area contributed by atoms with Crippen LogP contribution in [0.4, 0.5) is 8.78 Å². The highest BCUT2D eigenvalue weighted by molar-refractivity contribution is 7.89. The Morgan fingerprint density at radius 3 is 2.48 bits per heavy atom. The lowest BCUT2D eigenvalue weighted by molar-refractivity contribution is 0.0668. The van der Waals surface area contributed by atoms with E-state index in [1.807, 2.05) is 0 Å². The summed E-state index contributed by atoms with van der Waals surface area (Å²) >= 11 is 0. The van der Waals surface area contributed by atoms with Gasteiger partial charge in [-0.2, -0.15) is 8.78 Å². The van der Waals surface area contributed by atoms with Gasteiger partial charge in [-0.25, -0.2) is 13.1 Å². The average Bonchev–Trinajstić information content (AvgIpc) is 2.72. The third-order valence-corrected chi connectivity index (χ3v) is 6.26. The van der Waals surface area contributed by atoms with Crippen LogP contribution in [-0.4, -0.2) is 32.6 Å². The normalized spacial score (nSPS) is 20.9. The van der Waals surface area contributed by atoms with Gasteiger partial charge in [0, 0.05) is 18.2 Å². The number of oxime groups is 1. The highest BCUT2D eigenvalue weighted by Crippen LogP contribution is 2.28. The summed E-state index contributed by atoms with van der Waals surface area (Å²) in [5.41, 5.74) is 5.14. The van der Waals surface area contributed by atoms with Crippen LogP contribution in [0.5, 0.6) is 0 Å². The van der Waals surface area contributed by atoms with Gasteiger partial charge in [-0.3, -0.25) is 0 Å². The van der Waals surface area contributed by atoms with Crippen molar-refractivity contribution >= 4 is 15.9 Å². The van der Waals surface area contributed by atoms with Gasteiger partial charge in [0.05, 0.1) is 5.75 Å². The molecule has 0 unspecified atom stereocenters. The number of halogens is 2. The van der Waals surface area contributed by atoms with E-state index in [9.17, 15) is 17.2 Å². The van der Waals surface area contributed by atoms with Crippen LogP contribution in [0.2, 0.25) is 0 Å². The summed E-state index contributed by atoms with van der Waals surface area (Å²) < 4.78 is 54.1. The molecule has 1 saturated carbocycles. The Morgan fingerprint density at radius 1 is 1.28 bits per heavy atom. The van der Waals surface area contributed by atoms with Crippen molar-refractivity contribution in [1.29, 1.82) is 0 Å². The van der Waals surface area contributed by atoms with Gasteiger partial charge in [0.25, 0.3) is 0 Å². The van der Waals surface area contributed by atoms with E-state index in [-0.39, 0.29) is 29.2 Å². The fraction of sp³-hybridized carbons (Fsp3) is 0.526. The number of hydrogen-bond donors (Lipinski definition) is 3. The molecule has 0 bridgehead atoms. The van der Waals surface area contributed by atoms with E-state index in [1.165, 1.54) is 24.3 Å². The lowest BCUT2D eigenvalue weighted by Crippen LogP contribution is -2.37. The number of nitrogens with zero attached hydrogens (tertiary/aromatic N) is 1. The molecule has 0 atom stereocenters. The summed E-state index contributed by atoms with van der Waals surface area (Å²) in [6.45, 7) is 5.67. The Kier molecular flexibility index (Phi) is 7.97. The first-order valence-electron chi connectivity index (χ1n) is 9.51. The minimum absolute atomic E-state index is 0.0342. The molecule has 29 heavy (non-hydrogen) atoms. The van der Waals surface area contributed by atoms with Gasteiger partial charge in [-0.15, -0.1) is 0 Å². The minimum Gasteiger partial charge on any atom is -0.379 e. The molecular formula is C19H28F2N4O3S. The van der Waals surface area contributed by atoms with Crippen LogP contribution in [0.15, 0.2) is 47.9 Å². The number of nitrogens with one attached hydrogen (secondary N) is 2. The van der Waals surface area contributed by atoms with Crippen LogP contribution >= 0.6 is 0 Å². The maximum Gasteiger partial charge on any atom is 0.332 e. The number of rotatable bonds is 10. The number of amidine groups is 1. The highest BCUT2D eigenvalue weighted by atomic mass is 32.2. The van der Waals surface area contributed by atoms with Gasteiger partial charge in [0.15, 0.2) is 0 Å². The first kappa shape index (κ1) is 23.1. The predicted molar refractivity (Wildman–Crippen MR) is 109 cm³/mol. The minimum atomic E-state index is -3.45. The molecule has 0 aromatic heterocycles. The predicted octanol–water partition coefficient (Wildman–Crippen LogP) is 2.63. The van der Waals surface area contributed by atoms with Crippen LogP contribution in [0.25, 0.3) is 0 Å². The zero-order valence-electron chi connectivity index (χ0n) is 16.4. The highest BCUT2D eigenvalue weighted by Gasteiger charge is 2.37. The molecule has 1 fully saturated rings. The van der Waals surface area contributed by atoms with Crippen molar-refractivity contribution in [2.45, 2.75) is 44.6 Å². The van der Waals surface area contributed by atoms with Gasteiger partial charge in [-0.1, -0.05) is 35.5 Å². The zero-order chi connectivity index (χ0) is 21.5. The number of alkyl halides is 2. The molecular weight excluding hydrogens is 402 g/mol. The molecule has 1 aromatic carbocycles. The van der Waals surface area contributed by atoms with E-state index in [0.29, 0.717) is 6.54 Å². The van der Waals surface area contributed by atoms with Crippen molar-refractivity contribution in [3.05, 3.63) is 48.4 Å². The molecule has 0 radical (unpaired) electrons. The third-order valence-electron chi connectivity index (χ3n) is 4.90. The monoisotopic (exact) mass is 430 g/mol. The van der Waals surface area contributed by atoms with Crippen molar-refractivity contribution in [3.63, 3.8) is 0 Å². The van der Waals surface area contributed by atoms with Crippen molar-refractivity contribution in [2.24, 2.45) is 16.8 Å². The van der Waals surface area contributed by atoms with Gasteiger partial charge in [0.2, 0.25) is 21.7 Å². The van der Waals surface area contributed by atoms with E-state index in [4.69, 9.17) is 10.6 Å². The van der Waals surface area contributed by atoms with Gasteiger partial charge < -0.3 is 15.9 Å². The lowest BCUT2D eigenvalue weighted by Gasteiger charge is -2.29. The Balaban J connectivity index is 1.78. The number of hydrogen-bond acceptors (Lipinski definition) is 5. The van der Waals surface area contributed by atoms with Gasteiger partial charge >= 0.3 is 5.92 Å². The quantitative estimate of drug-likeness (QED) is 0.229. The van der Waals surface area contributed by atoms with Crippen molar-refractivity contribution in [2.75, 3.05) is 12.3 Å². The number of sulfonamides is 1. The molecule has 1 aliphatic carbocycles. The summed E-state index contributed by atoms with van der Waals surface area (Å²) in [6, 6.07) is 7.17. The standard InChI is InChI=1S/C19H28F2N4O3S/c1-3-29(26,27)23-13-15-9-11-17(12-10-15)24-14(2)28-25-18(22)19(20,21)16-7-5-4-6-8-16/h4-8,15,17,23-24H,2-3,9-13H2,1H3,(H2,22,25)/t15-,17-.